The Labute approximate surface area is 96.3 Å². The van der Waals surface area contributed by atoms with Crippen LogP contribution < -0.4 is 0 Å². The van der Waals surface area contributed by atoms with Crippen LogP contribution in [0.3, 0.4) is 0 Å². The lowest BCUT2D eigenvalue weighted by Gasteiger charge is -2.19. The molecule has 0 radical (unpaired) electrons. The number of alkyl halides is 1. The number of thiophene rings is 1. The number of aryl methyl sites for hydroxylation is 2. The quantitative estimate of drug-likeness (QED) is 0.633. The largest absolute Gasteiger partial charge is 0.146 e. The molecule has 1 rings (SSSR count). The summed E-state index contributed by atoms with van der Waals surface area (Å²) in [5.41, 5.74) is 1.35. The Morgan fingerprint density at radius 2 is 1.86 bits per heavy atom. The second-order valence-electron chi connectivity index (χ2n) is 3.85. The van der Waals surface area contributed by atoms with E-state index in [1.165, 1.54) is 28.2 Å². The lowest BCUT2D eigenvalue weighted by Crippen LogP contribution is -2.05. The van der Waals surface area contributed by atoms with E-state index in [-0.39, 0.29) is 5.38 Å². The molecule has 1 aromatic heterocycles. The molecule has 0 aromatic carbocycles. The molecule has 0 nitrogen and oxygen atoms in total. The number of halogens is 1. The predicted molar refractivity (Wildman–Crippen MR) is 66.5 cm³/mol. The normalized spacial score (nSPS) is 13.6. The van der Waals surface area contributed by atoms with E-state index in [9.17, 15) is 0 Å². The van der Waals surface area contributed by atoms with Crippen LogP contribution in [0.4, 0.5) is 0 Å². The molecule has 2 heteroatoms. The van der Waals surface area contributed by atoms with E-state index >= 15 is 0 Å². The zero-order valence-electron chi connectivity index (χ0n) is 9.43. The predicted octanol–water partition coefficient (Wildman–Crippen LogP) is 5.08. The molecule has 0 fully saturated rings. The van der Waals surface area contributed by atoms with E-state index in [1.54, 1.807) is 0 Å². The van der Waals surface area contributed by atoms with Crippen LogP contribution in [0.15, 0.2) is 6.07 Å². The van der Waals surface area contributed by atoms with Gasteiger partial charge in [-0.2, -0.15) is 0 Å². The van der Waals surface area contributed by atoms with E-state index in [1.807, 2.05) is 11.3 Å². The van der Waals surface area contributed by atoms with Crippen molar-refractivity contribution in [2.24, 2.45) is 5.92 Å². The molecule has 0 amide bonds. The minimum atomic E-state index is 0.204. The molecule has 0 bridgehead atoms. The molecule has 0 aliphatic rings. The molecule has 0 aliphatic carbocycles. The maximum atomic E-state index is 6.50. The van der Waals surface area contributed by atoms with Crippen LogP contribution in [0, 0.1) is 19.8 Å². The number of hydrogen-bond donors (Lipinski definition) is 0. The van der Waals surface area contributed by atoms with Crippen LogP contribution in [0.25, 0.3) is 0 Å². The minimum Gasteiger partial charge on any atom is -0.146 e. The fourth-order valence-electron chi connectivity index (χ4n) is 1.88. The third-order valence-corrected chi connectivity index (χ3v) is 4.41. The summed E-state index contributed by atoms with van der Waals surface area (Å²) in [6.45, 7) is 8.76. The van der Waals surface area contributed by atoms with Gasteiger partial charge < -0.3 is 0 Å². The summed E-state index contributed by atoms with van der Waals surface area (Å²) in [5.74, 6) is 0.615. The second kappa shape index (κ2) is 5.18. The monoisotopic (exact) mass is 230 g/mol. The van der Waals surface area contributed by atoms with Crippen molar-refractivity contribution < 1.29 is 0 Å². The molecule has 0 saturated carbocycles. The highest BCUT2D eigenvalue weighted by molar-refractivity contribution is 7.12. The fourth-order valence-corrected chi connectivity index (χ4v) is 3.50. The third kappa shape index (κ3) is 2.52. The molecule has 1 heterocycles. The van der Waals surface area contributed by atoms with Crippen molar-refractivity contribution in [2.75, 3.05) is 0 Å². The Balaban J connectivity index is 2.87. The van der Waals surface area contributed by atoms with Crippen molar-refractivity contribution in [1.29, 1.82) is 0 Å². The molecule has 1 aromatic rings. The highest BCUT2D eigenvalue weighted by atomic mass is 35.5. The first-order valence-electron chi connectivity index (χ1n) is 5.31. The summed E-state index contributed by atoms with van der Waals surface area (Å²) >= 11 is 8.35. The summed E-state index contributed by atoms with van der Waals surface area (Å²) in [6, 6.07) is 2.25. The van der Waals surface area contributed by atoms with E-state index in [0.717, 1.165) is 0 Å². The Morgan fingerprint density at radius 1 is 1.29 bits per heavy atom. The lowest BCUT2D eigenvalue weighted by atomic mass is 9.94. The van der Waals surface area contributed by atoms with Gasteiger partial charge in [-0.3, -0.25) is 0 Å². The first-order chi connectivity index (χ1) is 6.60. The molecule has 1 unspecified atom stereocenters. The van der Waals surface area contributed by atoms with Gasteiger partial charge in [-0.25, -0.2) is 0 Å². The standard InChI is InChI=1S/C12H19ClS/c1-5-10(6-2)12(13)11-7-8(3)14-9(11)4/h7,10,12H,5-6H2,1-4H3. The second-order valence-corrected chi connectivity index (χ2v) is 5.78. The first-order valence-corrected chi connectivity index (χ1v) is 6.56. The number of hydrogen-bond acceptors (Lipinski definition) is 1. The highest BCUT2D eigenvalue weighted by Gasteiger charge is 2.20. The van der Waals surface area contributed by atoms with Gasteiger partial charge in [-0.15, -0.1) is 22.9 Å². The van der Waals surface area contributed by atoms with Crippen molar-refractivity contribution in [1.82, 2.24) is 0 Å². The minimum absolute atomic E-state index is 0.204. The zero-order valence-corrected chi connectivity index (χ0v) is 11.0. The highest BCUT2D eigenvalue weighted by Crippen LogP contribution is 2.38. The third-order valence-electron chi connectivity index (χ3n) is 2.84. The molecule has 14 heavy (non-hydrogen) atoms. The van der Waals surface area contributed by atoms with E-state index < -0.39 is 0 Å². The Kier molecular flexibility index (Phi) is 4.46. The van der Waals surface area contributed by atoms with Crippen molar-refractivity contribution in [3.05, 3.63) is 21.4 Å². The topological polar surface area (TPSA) is 0 Å². The van der Waals surface area contributed by atoms with Gasteiger partial charge in [0.05, 0.1) is 5.38 Å². The van der Waals surface area contributed by atoms with Gasteiger partial charge in [0.15, 0.2) is 0 Å². The van der Waals surface area contributed by atoms with Crippen molar-refractivity contribution in [2.45, 2.75) is 45.9 Å². The summed E-state index contributed by atoms with van der Waals surface area (Å²) in [4.78, 5) is 2.75. The maximum absolute atomic E-state index is 6.50. The summed E-state index contributed by atoms with van der Waals surface area (Å²) in [5, 5.41) is 0.204. The molecule has 1 atom stereocenters. The van der Waals surface area contributed by atoms with Crippen molar-refractivity contribution in [3.8, 4) is 0 Å². The van der Waals surface area contributed by atoms with Gasteiger partial charge in [0.1, 0.15) is 0 Å². The van der Waals surface area contributed by atoms with Crippen LogP contribution in [0.1, 0.15) is 47.4 Å². The maximum Gasteiger partial charge on any atom is 0.0624 e. The van der Waals surface area contributed by atoms with E-state index in [4.69, 9.17) is 11.6 Å². The molecule has 0 aliphatic heterocycles. The Hall–Kier alpha value is -0.0100. The summed E-state index contributed by atoms with van der Waals surface area (Å²) in [6.07, 6.45) is 2.33. The lowest BCUT2D eigenvalue weighted by molar-refractivity contribution is 0.475. The van der Waals surface area contributed by atoms with Gasteiger partial charge in [-0.05, 0) is 31.4 Å². The van der Waals surface area contributed by atoms with Crippen molar-refractivity contribution >= 4 is 22.9 Å². The molecular weight excluding hydrogens is 212 g/mol. The molecule has 0 saturated heterocycles. The van der Waals surface area contributed by atoms with Crippen LogP contribution in [0.2, 0.25) is 0 Å². The van der Waals surface area contributed by atoms with Gasteiger partial charge in [0.25, 0.3) is 0 Å². The van der Waals surface area contributed by atoms with E-state index in [0.29, 0.717) is 5.92 Å². The van der Waals surface area contributed by atoms with Crippen LogP contribution >= 0.6 is 22.9 Å². The molecule has 0 N–H and O–H groups in total. The van der Waals surface area contributed by atoms with Crippen LogP contribution in [-0.4, -0.2) is 0 Å². The van der Waals surface area contributed by atoms with Gasteiger partial charge in [0.2, 0.25) is 0 Å². The average molecular weight is 231 g/mol. The van der Waals surface area contributed by atoms with Gasteiger partial charge >= 0.3 is 0 Å². The first kappa shape index (κ1) is 12.1. The van der Waals surface area contributed by atoms with Crippen LogP contribution in [0.5, 0.6) is 0 Å². The Morgan fingerprint density at radius 3 is 2.21 bits per heavy atom. The molecule has 0 spiro atoms. The molecular formula is C12H19ClS. The summed E-state index contributed by atoms with van der Waals surface area (Å²) < 4.78 is 0. The average Bonchev–Trinajstić information content (AvgIpc) is 2.47. The Bertz CT molecular complexity index is 287. The van der Waals surface area contributed by atoms with Crippen LogP contribution in [-0.2, 0) is 0 Å². The molecule has 80 valence electrons. The SMILES string of the molecule is CCC(CC)C(Cl)c1cc(C)sc1C. The zero-order chi connectivity index (χ0) is 10.7. The summed E-state index contributed by atoms with van der Waals surface area (Å²) in [7, 11) is 0. The van der Waals surface area contributed by atoms with E-state index in [2.05, 4.69) is 33.8 Å². The van der Waals surface area contributed by atoms with Gasteiger partial charge in [0, 0.05) is 9.75 Å². The van der Waals surface area contributed by atoms with Gasteiger partial charge in [-0.1, -0.05) is 26.7 Å². The fraction of sp³-hybridized carbons (Fsp3) is 0.667. The van der Waals surface area contributed by atoms with Crippen molar-refractivity contribution in [3.63, 3.8) is 0 Å². The number of rotatable bonds is 4. The smallest absolute Gasteiger partial charge is 0.0624 e.